The zero-order valence-electron chi connectivity index (χ0n) is 9.60. The first-order chi connectivity index (χ1) is 7.79. The first kappa shape index (κ1) is 12.5. The molecule has 16 heavy (non-hydrogen) atoms. The third-order valence-electron chi connectivity index (χ3n) is 1.82. The summed E-state index contributed by atoms with van der Waals surface area (Å²) < 4.78 is 15.5. The van der Waals surface area contributed by atoms with Crippen molar-refractivity contribution in [2.24, 2.45) is 0 Å². The Hall–Kier alpha value is -1.56. The fourth-order valence-corrected chi connectivity index (χ4v) is 1.09. The van der Waals surface area contributed by atoms with E-state index in [9.17, 15) is 0 Å². The number of methoxy groups -OCH3 is 1. The van der Waals surface area contributed by atoms with Crippen molar-refractivity contribution in [1.82, 2.24) is 9.97 Å². The molecule has 0 unspecified atom stereocenters. The zero-order valence-corrected chi connectivity index (χ0v) is 9.60. The average molecular weight is 227 g/mol. The Morgan fingerprint density at radius 2 is 1.94 bits per heavy atom. The highest BCUT2D eigenvalue weighted by Crippen LogP contribution is 2.25. The number of hydrogen-bond acceptors (Lipinski definition) is 6. The molecule has 6 nitrogen and oxygen atoms in total. The van der Waals surface area contributed by atoms with Crippen molar-refractivity contribution >= 4 is 5.69 Å². The quantitative estimate of drug-likeness (QED) is 0.696. The number of nitrogen functional groups attached to an aromatic ring is 1. The Morgan fingerprint density at radius 1 is 1.19 bits per heavy atom. The second kappa shape index (κ2) is 6.84. The highest BCUT2D eigenvalue weighted by Gasteiger charge is 2.08. The van der Waals surface area contributed by atoms with Crippen molar-refractivity contribution in [3.63, 3.8) is 0 Å². The number of hydrogen-bond donors (Lipinski definition) is 1. The summed E-state index contributed by atoms with van der Waals surface area (Å²) in [6.07, 6.45) is 2.33. The van der Waals surface area contributed by atoms with E-state index >= 15 is 0 Å². The zero-order chi connectivity index (χ0) is 11.8. The fourth-order valence-electron chi connectivity index (χ4n) is 1.09. The minimum Gasteiger partial charge on any atom is -0.479 e. The Kier molecular flexibility index (Phi) is 5.35. The van der Waals surface area contributed by atoms with Crippen molar-refractivity contribution in [3.8, 4) is 11.8 Å². The molecule has 0 radical (unpaired) electrons. The van der Waals surface area contributed by atoms with Crippen molar-refractivity contribution < 1.29 is 14.2 Å². The standard InChI is InChI=1S/C10H17N3O3/c1-3-4-15-5-6-16-10-8(11)9(14-2)12-7-13-10/h7H,3-6,11H2,1-2H3. The minimum absolute atomic E-state index is 0.306. The highest BCUT2D eigenvalue weighted by atomic mass is 16.5. The predicted octanol–water partition coefficient (Wildman–Crippen LogP) is 0.873. The van der Waals surface area contributed by atoms with Gasteiger partial charge in [-0.05, 0) is 6.42 Å². The molecule has 0 saturated carbocycles. The van der Waals surface area contributed by atoms with Crippen LogP contribution in [-0.2, 0) is 4.74 Å². The van der Waals surface area contributed by atoms with E-state index in [1.165, 1.54) is 13.4 Å². The smallest absolute Gasteiger partial charge is 0.244 e. The summed E-state index contributed by atoms with van der Waals surface area (Å²) >= 11 is 0. The molecule has 0 fully saturated rings. The van der Waals surface area contributed by atoms with Crippen LogP contribution in [0.5, 0.6) is 11.8 Å². The Bertz CT molecular complexity index is 320. The third kappa shape index (κ3) is 3.54. The van der Waals surface area contributed by atoms with Crippen LogP contribution in [0.2, 0.25) is 0 Å². The van der Waals surface area contributed by atoms with Gasteiger partial charge in [-0.1, -0.05) is 6.92 Å². The summed E-state index contributed by atoms with van der Waals surface area (Å²) in [6.45, 7) is 3.70. The summed E-state index contributed by atoms with van der Waals surface area (Å²) in [5.74, 6) is 0.645. The van der Waals surface area contributed by atoms with Crippen LogP contribution in [0.25, 0.3) is 0 Å². The second-order valence-electron chi connectivity index (χ2n) is 3.06. The fraction of sp³-hybridized carbons (Fsp3) is 0.600. The Morgan fingerprint density at radius 3 is 2.62 bits per heavy atom. The van der Waals surface area contributed by atoms with Crippen molar-refractivity contribution in [1.29, 1.82) is 0 Å². The van der Waals surface area contributed by atoms with Gasteiger partial charge < -0.3 is 19.9 Å². The summed E-state index contributed by atoms with van der Waals surface area (Å²) in [5, 5.41) is 0. The van der Waals surface area contributed by atoms with Gasteiger partial charge in [0.05, 0.1) is 13.7 Å². The van der Waals surface area contributed by atoms with E-state index in [-0.39, 0.29) is 0 Å². The van der Waals surface area contributed by atoms with Crippen molar-refractivity contribution in [2.45, 2.75) is 13.3 Å². The van der Waals surface area contributed by atoms with Gasteiger partial charge in [0.1, 0.15) is 12.9 Å². The molecule has 0 saturated heterocycles. The van der Waals surface area contributed by atoms with Crippen LogP contribution in [0.1, 0.15) is 13.3 Å². The third-order valence-corrected chi connectivity index (χ3v) is 1.82. The van der Waals surface area contributed by atoms with Crippen LogP contribution in [0, 0.1) is 0 Å². The molecule has 0 aliphatic heterocycles. The van der Waals surface area contributed by atoms with Gasteiger partial charge in [-0.15, -0.1) is 0 Å². The van der Waals surface area contributed by atoms with Gasteiger partial charge in [0.25, 0.3) is 0 Å². The highest BCUT2D eigenvalue weighted by molar-refractivity contribution is 5.55. The molecule has 1 rings (SSSR count). The van der Waals surface area contributed by atoms with Gasteiger partial charge in [-0.3, -0.25) is 0 Å². The summed E-state index contributed by atoms with van der Waals surface area (Å²) in [4.78, 5) is 7.76. The number of aromatic nitrogens is 2. The summed E-state index contributed by atoms with van der Waals surface area (Å²) in [7, 11) is 1.49. The van der Waals surface area contributed by atoms with Crippen molar-refractivity contribution in [2.75, 3.05) is 32.7 Å². The minimum atomic E-state index is 0.306. The van der Waals surface area contributed by atoms with Gasteiger partial charge in [-0.2, -0.15) is 9.97 Å². The monoisotopic (exact) mass is 227 g/mol. The molecule has 1 aromatic heterocycles. The first-order valence-electron chi connectivity index (χ1n) is 5.14. The second-order valence-corrected chi connectivity index (χ2v) is 3.06. The maximum atomic E-state index is 5.72. The Labute approximate surface area is 94.7 Å². The molecule has 6 heteroatoms. The molecule has 2 N–H and O–H groups in total. The number of ether oxygens (including phenoxy) is 3. The van der Waals surface area contributed by atoms with Gasteiger partial charge in [0.15, 0.2) is 5.69 Å². The van der Waals surface area contributed by atoms with Gasteiger partial charge in [-0.25, -0.2) is 0 Å². The molecule has 0 aliphatic carbocycles. The SMILES string of the molecule is CCCOCCOc1ncnc(OC)c1N. The van der Waals surface area contributed by atoms with Crippen LogP contribution in [0.4, 0.5) is 5.69 Å². The largest absolute Gasteiger partial charge is 0.479 e. The lowest BCUT2D eigenvalue weighted by Crippen LogP contribution is -2.10. The lowest BCUT2D eigenvalue weighted by Gasteiger charge is -2.09. The normalized spacial score (nSPS) is 10.1. The molecule has 90 valence electrons. The summed E-state index contributed by atoms with van der Waals surface area (Å²) in [6, 6.07) is 0. The van der Waals surface area contributed by atoms with Crippen LogP contribution in [-0.4, -0.2) is 36.9 Å². The Balaban J connectivity index is 2.41. The summed E-state index contributed by atoms with van der Waals surface area (Å²) in [5.41, 5.74) is 6.02. The van der Waals surface area contributed by atoms with E-state index in [4.69, 9.17) is 19.9 Å². The lowest BCUT2D eigenvalue weighted by atomic mass is 10.5. The van der Waals surface area contributed by atoms with Crippen LogP contribution >= 0.6 is 0 Å². The van der Waals surface area contributed by atoms with Crippen molar-refractivity contribution in [3.05, 3.63) is 6.33 Å². The van der Waals surface area contributed by atoms with Gasteiger partial charge in [0, 0.05) is 6.61 Å². The lowest BCUT2D eigenvalue weighted by molar-refractivity contribution is 0.0991. The van der Waals surface area contributed by atoms with E-state index in [0.29, 0.717) is 30.7 Å². The number of rotatable bonds is 7. The molecular weight excluding hydrogens is 210 g/mol. The molecule has 1 aromatic rings. The molecular formula is C10H17N3O3. The number of nitrogens with zero attached hydrogens (tertiary/aromatic N) is 2. The predicted molar refractivity (Wildman–Crippen MR) is 59.6 cm³/mol. The number of nitrogens with two attached hydrogens (primary N) is 1. The first-order valence-corrected chi connectivity index (χ1v) is 5.14. The molecule has 0 atom stereocenters. The molecule has 1 heterocycles. The van der Waals surface area contributed by atoms with E-state index in [1.54, 1.807) is 0 Å². The number of anilines is 1. The van der Waals surface area contributed by atoms with E-state index < -0.39 is 0 Å². The average Bonchev–Trinajstić information content (AvgIpc) is 2.31. The van der Waals surface area contributed by atoms with Gasteiger partial charge in [0.2, 0.25) is 11.8 Å². The molecule has 0 bridgehead atoms. The van der Waals surface area contributed by atoms with Gasteiger partial charge >= 0.3 is 0 Å². The van der Waals surface area contributed by atoms with Crippen LogP contribution in [0.15, 0.2) is 6.33 Å². The van der Waals surface area contributed by atoms with Crippen LogP contribution in [0.3, 0.4) is 0 Å². The molecule has 0 spiro atoms. The van der Waals surface area contributed by atoms with E-state index in [0.717, 1.165) is 13.0 Å². The molecule has 0 aliphatic rings. The maximum Gasteiger partial charge on any atom is 0.244 e. The van der Waals surface area contributed by atoms with E-state index in [2.05, 4.69) is 9.97 Å². The van der Waals surface area contributed by atoms with E-state index in [1.807, 2.05) is 6.92 Å². The topological polar surface area (TPSA) is 79.5 Å². The molecule has 0 amide bonds. The van der Waals surface area contributed by atoms with Crippen LogP contribution < -0.4 is 15.2 Å². The molecule has 0 aromatic carbocycles. The maximum absolute atomic E-state index is 5.72.